The van der Waals surface area contributed by atoms with Gasteiger partial charge >= 0.3 is 0 Å². The van der Waals surface area contributed by atoms with Gasteiger partial charge in [0.15, 0.2) is 0 Å². The van der Waals surface area contributed by atoms with E-state index in [9.17, 15) is 9.18 Å². The van der Waals surface area contributed by atoms with Gasteiger partial charge in [-0.3, -0.25) is 9.69 Å². The molecule has 1 aromatic rings. The number of amides is 1. The highest BCUT2D eigenvalue weighted by Crippen LogP contribution is 2.14. The van der Waals surface area contributed by atoms with Gasteiger partial charge in [0.1, 0.15) is 5.82 Å². The van der Waals surface area contributed by atoms with Gasteiger partial charge in [0.2, 0.25) is 5.91 Å². The highest BCUT2D eigenvalue weighted by molar-refractivity contribution is 5.78. The van der Waals surface area contributed by atoms with Crippen molar-refractivity contribution in [1.29, 1.82) is 0 Å². The van der Waals surface area contributed by atoms with Gasteiger partial charge in [0.05, 0.1) is 6.54 Å². The van der Waals surface area contributed by atoms with Crippen LogP contribution in [0, 0.1) is 5.82 Å². The number of halogens is 1. The van der Waals surface area contributed by atoms with Gasteiger partial charge in [-0.25, -0.2) is 4.39 Å². The fourth-order valence-corrected chi connectivity index (χ4v) is 2.06. The first-order chi connectivity index (χ1) is 8.60. The van der Waals surface area contributed by atoms with E-state index in [0.29, 0.717) is 31.7 Å². The maximum atomic E-state index is 13.7. The average molecular weight is 251 g/mol. The zero-order valence-electron chi connectivity index (χ0n) is 10.5. The summed E-state index contributed by atoms with van der Waals surface area (Å²) in [5.74, 6) is -0.157. The Hall–Kier alpha value is -1.46. The van der Waals surface area contributed by atoms with Gasteiger partial charge in [-0.1, -0.05) is 12.1 Å². The Labute approximate surface area is 106 Å². The van der Waals surface area contributed by atoms with Crippen molar-refractivity contribution in [3.8, 4) is 0 Å². The summed E-state index contributed by atoms with van der Waals surface area (Å²) in [6, 6.07) is 4.90. The number of nitrogens with two attached hydrogens (primary N) is 1. The normalized spacial score (nSPS) is 17.3. The number of rotatable bonds is 3. The summed E-state index contributed by atoms with van der Waals surface area (Å²) in [6.07, 6.45) is 0. The van der Waals surface area contributed by atoms with Crippen LogP contribution in [0.3, 0.4) is 0 Å². The Morgan fingerprint density at radius 3 is 2.83 bits per heavy atom. The van der Waals surface area contributed by atoms with Gasteiger partial charge in [0.25, 0.3) is 0 Å². The summed E-state index contributed by atoms with van der Waals surface area (Å²) >= 11 is 0. The first kappa shape index (κ1) is 13.0. The number of hydrogen-bond acceptors (Lipinski definition) is 3. The van der Waals surface area contributed by atoms with E-state index in [0.717, 1.165) is 12.1 Å². The Morgan fingerprint density at radius 2 is 2.17 bits per heavy atom. The van der Waals surface area contributed by atoms with Crippen LogP contribution in [0.4, 0.5) is 4.39 Å². The van der Waals surface area contributed by atoms with Crippen LogP contribution < -0.4 is 5.73 Å². The van der Waals surface area contributed by atoms with Crippen LogP contribution in [0.25, 0.3) is 0 Å². The molecule has 0 spiro atoms. The first-order valence-corrected chi connectivity index (χ1v) is 6.04. The summed E-state index contributed by atoms with van der Waals surface area (Å²) in [5, 5.41) is 0. The quantitative estimate of drug-likeness (QED) is 0.854. The summed E-state index contributed by atoms with van der Waals surface area (Å²) in [7, 11) is 1.79. The van der Waals surface area contributed by atoms with E-state index in [1.165, 1.54) is 6.07 Å². The number of likely N-dealkylation sites (N-methyl/N-ethyl adjacent to an activating group) is 1. The smallest absolute Gasteiger partial charge is 0.236 e. The third-order valence-corrected chi connectivity index (χ3v) is 3.28. The van der Waals surface area contributed by atoms with Crippen LogP contribution in [0.2, 0.25) is 0 Å². The molecule has 98 valence electrons. The topological polar surface area (TPSA) is 49.6 Å². The van der Waals surface area contributed by atoms with Gasteiger partial charge < -0.3 is 10.6 Å². The standard InChI is InChI=1S/C13H18FN3O/c1-16-4-5-17(9-13(16)18)8-11-6-10(7-15)2-3-12(11)14/h2-3,6H,4-5,7-9,15H2,1H3. The molecule has 2 rings (SSSR count). The van der Waals surface area contributed by atoms with Crippen LogP contribution in [-0.4, -0.2) is 42.4 Å². The van der Waals surface area contributed by atoms with E-state index in [2.05, 4.69) is 0 Å². The lowest BCUT2D eigenvalue weighted by molar-refractivity contribution is -0.134. The van der Waals surface area contributed by atoms with Crippen LogP contribution in [0.1, 0.15) is 11.1 Å². The minimum Gasteiger partial charge on any atom is -0.343 e. The maximum Gasteiger partial charge on any atom is 0.236 e. The van der Waals surface area contributed by atoms with Crippen LogP contribution in [0.5, 0.6) is 0 Å². The van der Waals surface area contributed by atoms with Crippen molar-refractivity contribution in [2.24, 2.45) is 5.73 Å². The molecule has 0 unspecified atom stereocenters. The van der Waals surface area contributed by atoms with E-state index in [4.69, 9.17) is 5.73 Å². The van der Waals surface area contributed by atoms with E-state index in [1.807, 2.05) is 4.90 Å². The van der Waals surface area contributed by atoms with E-state index < -0.39 is 0 Å². The molecule has 0 aliphatic carbocycles. The minimum absolute atomic E-state index is 0.0802. The van der Waals surface area contributed by atoms with Crippen LogP contribution in [0.15, 0.2) is 18.2 Å². The minimum atomic E-state index is -0.237. The Balaban J connectivity index is 2.07. The lowest BCUT2D eigenvalue weighted by atomic mass is 10.1. The van der Waals surface area contributed by atoms with E-state index in [-0.39, 0.29) is 11.7 Å². The molecular formula is C13H18FN3O. The van der Waals surface area contributed by atoms with Crippen molar-refractivity contribution >= 4 is 5.91 Å². The summed E-state index contributed by atoms with van der Waals surface area (Å²) < 4.78 is 13.7. The Bertz CT molecular complexity index is 450. The Kier molecular flexibility index (Phi) is 3.93. The van der Waals surface area contributed by atoms with Gasteiger partial charge in [0, 0.05) is 38.8 Å². The molecular weight excluding hydrogens is 233 g/mol. The average Bonchev–Trinajstić information content (AvgIpc) is 2.36. The lowest BCUT2D eigenvalue weighted by Gasteiger charge is -2.32. The van der Waals surface area contributed by atoms with Crippen molar-refractivity contribution in [3.05, 3.63) is 35.1 Å². The van der Waals surface area contributed by atoms with Crippen molar-refractivity contribution in [2.75, 3.05) is 26.7 Å². The van der Waals surface area contributed by atoms with E-state index in [1.54, 1.807) is 24.1 Å². The molecule has 0 radical (unpaired) electrons. The van der Waals surface area contributed by atoms with Crippen molar-refractivity contribution in [2.45, 2.75) is 13.1 Å². The summed E-state index contributed by atoms with van der Waals surface area (Å²) in [6.45, 7) is 2.67. The zero-order chi connectivity index (χ0) is 13.1. The fraction of sp³-hybridized carbons (Fsp3) is 0.462. The number of nitrogens with zero attached hydrogens (tertiary/aromatic N) is 2. The number of carbonyl (C=O) groups excluding carboxylic acids is 1. The van der Waals surface area contributed by atoms with Gasteiger partial charge in [-0.2, -0.15) is 0 Å². The second-order valence-electron chi connectivity index (χ2n) is 4.66. The Morgan fingerprint density at radius 1 is 1.39 bits per heavy atom. The fourth-order valence-electron chi connectivity index (χ4n) is 2.06. The second-order valence-corrected chi connectivity index (χ2v) is 4.66. The molecule has 5 heteroatoms. The molecule has 1 heterocycles. The number of benzene rings is 1. The van der Waals surface area contributed by atoms with E-state index >= 15 is 0 Å². The molecule has 18 heavy (non-hydrogen) atoms. The van der Waals surface area contributed by atoms with Crippen molar-refractivity contribution in [1.82, 2.24) is 9.80 Å². The lowest BCUT2D eigenvalue weighted by Crippen LogP contribution is -2.48. The molecule has 0 saturated carbocycles. The predicted octanol–water partition coefficient (Wildman–Crippen LogP) is 0.558. The van der Waals surface area contributed by atoms with Crippen LogP contribution in [-0.2, 0) is 17.9 Å². The van der Waals surface area contributed by atoms with Gasteiger partial charge in [-0.05, 0) is 11.6 Å². The molecule has 1 aliphatic rings. The third-order valence-electron chi connectivity index (χ3n) is 3.28. The number of hydrogen-bond donors (Lipinski definition) is 1. The van der Waals surface area contributed by atoms with Crippen LogP contribution >= 0.6 is 0 Å². The highest BCUT2D eigenvalue weighted by Gasteiger charge is 2.21. The van der Waals surface area contributed by atoms with Gasteiger partial charge in [-0.15, -0.1) is 0 Å². The SMILES string of the molecule is CN1CCN(Cc2cc(CN)ccc2F)CC1=O. The second kappa shape index (κ2) is 5.46. The molecule has 1 amide bonds. The molecule has 0 atom stereocenters. The maximum absolute atomic E-state index is 13.7. The molecule has 2 N–H and O–H groups in total. The summed E-state index contributed by atoms with van der Waals surface area (Å²) in [4.78, 5) is 15.2. The van der Waals surface area contributed by atoms with Crippen molar-refractivity contribution < 1.29 is 9.18 Å². The molecule has 1 saturated heterocycles. The molecule has 1 aromatic carbocycles. The molecule has 0 bridgehead atoms. The molecule has 4 nitrogen and oxygen atoms in total. The zero-order valence-corrected chi connectivity index (χ0v) is 10.5. The number of carbonyl (C=O) groups is 1. The monoisotopic (exact) mass is 251 g/mol. The predicted molar refractivity (Wildman–Crippen MR) is 67.2 cm³/mol. The first-order valence-electron chi connectivity index (χ1n) is 6.04. The third kappa shape index (κ3) is 2.86. The summed E-state index contributed by atoms with van der Waals surface area (Å²) in [5.41, 5.74) is 7.06. The highest BCUT2D eigenvalue weighted by atomic mass is 19.1. The largest absolute Gasteiger partial charge is 0.343 e. The number of piperazine rings is 1. The molecule has 1 fully saturated rings. The van der Waals surface area contributed by atoms with Crippen molar-refractivity contribution in [3.63, 3.8) is 0 Å². The molecule has 1 aliphatic heterocycles. The molecule has 0 aromatic heterocycles.